The summed E-state index contributed by atoms with van der Waals surface area (Å²) >= 11 is 9.45. The minimum atomic E-state index is -0.109. The normalized spacial score (nSPS) is 23.7. The van der Waals surface area contributed by atoms with Crippen molar-refractivity contribution < 1.29 is 4.79 Å². The maximum Gasteiger partial charge on any atom is 0.253 e. The number of benzene rings is 1. The van der Waals surface area contributed by atoms with Crippen molar-refractivity contribution in [3.63, 3.8) is 0 Å². The third-order valence-electron chi connectivity index (χ3n) is 3.27. The molecule has 1 saturated heterocycles. The summed E-state index contributed by atoms with van der Waals surface area (Å²) in [6, 6.07) is 5.84. The molecule has 1 aliphatic rings. The van der Waals surface area contributed by atoms with Gasteiger partial charge in [0.15, 0.2) is 0 Å². The molecule has 1 amide bonds. The Morgan fingerprint density at radius 1 is 1.56 bits per heavy atom. The van der Waals surface area contributed by atoms with Crippen LogP contribution in [0.4, 0.5) is 0 Å². The predicted octanol–water partition coefficient (Wildman–Crippen LogP) is 2.97. The second-order valence-electron chi connectivity index (χ2n) is 4.57. The molecule has 0 saturated carbocycles. The molecular weight excluding hydrogens is 316 g/mol. The quantitative estimate of drug-likeness (QED) is 0.875. The van der Waals surface area contributed by atoms with Crippen LogP contribution in [0.5, 0.6) is 0 Å². The first-order valence-electron chi connectivity index (χ1n) is 6.08. The minimum absolute atomic E-state index is 0.109. The largest absolute Gasteiger partial charge is 0.348 e. The highest BCUT2D eigenvalue weighted by molar-refractivity contribution is 9.10. The first kappa shape index (κ1) is 13.8. The Balaban J connectivity index is 2.09. The highest BCUT2D eigenvalue weighted by Crippen LogP contribution is 2.26. The van der Waals surface area contributed by atoms with Crippen LogP contribution in [0.1, 0.15) is 30.1 Å². The molecule has 1 fully saturated rings. The Morgan fingerprint density at radius 3 is 3.06 bits per heavy atom. The van der Waals surface area contributed by atoms with Crippen LogP contribution in [0.3, 0.4) is 0 Å². The van der Waals surface area contributed by atoms with Crippen molar-refractivity contribution in [2.45, 2.75) is 31.8 Å². The molecule has 2 unspecified atom stereocenters. The fourth-order valence-electron chi connectivity index (χ4n) is 2.17. The second-order valence-corrected chi connectivity index (χ2v) is 5.80. The van der Waals surface area contributed by atoms with E-state index < -0.39 is 0 Å². The molecule has 0 aromatic heterocycles. The van der Waals surface area contributed by atoms with Crippen LogP contribution in [0, 0.1) is 0 Å². The Hall–Kier alpha value is -0.580. The minimum Gasteiger partial charge on any atom is -0.348 e. The summed E-state index contributed by atoms with van der Waals surface area (Å²) in [7, 11) is 0. The number of amides is 1. The van der Waals surface area contributed by atoms with E-state index in [0.717, 1.165) is 23.9 Å². The number of carbonyl (C=O) groups excluding carboxylic acids is 1. The molecule has 1 aromatic rings. The van der Waals surface area contributed by atoms with Gasteiger partial charge in [-0.05, 0) is 54.4 Å². The van der Waals surface area contributed by atoms with Gasteiger partial charge < -0.3 is 10.6 Å². The van der Waals surface area contributed by atoms with E-state index in [1.165, 1.54) is 0 Å². The maximum atomic E-state index is 12.2. The third kappa shape index (κ3) is 3.05. The van der Waals surface area contributed by atoms with Gasteiger partial charge in [0.2, 0.25) is 0 Å². The van der Waals surface area contributed by atoms with Gasteiger partial charge in [-0.25, -0.2) is 0 Å². The van der Waals surface area contributed by atoms with E-state index in [-0.39, 0.29) is 11.9 Å². The predicted molar refractivity (Wildman–Crippen MR) is 77.1 cm³/mol. The van der Waals surface area contributed by atoms with Gasteiger partial charge in [-0.3, -0.25) is 4.79 Å². The summed E-state index contributed by atoms with van der Waals surface area (Å²) < 4.78 is 0.742. The van der Waals surface area contributed by atoms with E-state index in [9.17, 15) is 4.79 Å². The van der Waals surface area contributed by atoms with Crippen molar-refractivity contribution in [2.75, 3.05) is 6.54 Å². The third-order valence-corrected chi connectivity index (χ3v) is 4.57. The molecule has 1 aliphatic heterocycles. The number of halogens is 2. The molecule has 2 N–H and O–H groups in total. The summed E-state index contributed by atoms with van der Waals surface area (Å²) in [4.78, 5) is 12.2. The molecule has 1 aromatic carbocycles. The topological polar surface area (TPSA) is 41.1 Å². The zero-order valence-corrected chi connectivity index (χ0v) is 12.5. The van der Waals surface area contributed by atoms with Gasteiger partial charge in [-0.2, -0.15) is 0 Å². The average Bonchev–Trinajstić information content (AvgIpc) is 2.35. The first-order valence-corrected chi connectivity index (χ1v) is 7.25. The standard InChI is InChI=1S/C13H16BrClN2O/c1-8-11(6-3-7-16-8)17-13(18)9-4-2-5-10(14)12(9)15/h2,4-5,8,11,16H,3,6-7H2,1H3,(H,17,18). The fraction of sp³-hybridized carbons (Fsp3) is 0.462. The van der Waals surface area contributed by atoms with Crippen LogP contribution < -0.4 is 10.6 Å². The lowest BCUT2D eigenvalue weighted by Crippen LogP contribution is -2.51. The summed E-state index contributed by atoms with van der Waals surface area (Å²) in [5.41, 5.74) is 0.517. The monoisotopic (exact) mass is 330 g/mol. The van der Waals surface area contributed by atoms with E-state index >= 15 is 0 Å². The van der Waals surface area contributed by atoms with Crippen LogP contribution in [-0.2, 0) is 0 Å². The number of carbonyl (C=O) groups is 1. The van der Waals surface area contributed by atoms with Crippen molar-refractivity contribution in [1.29, 1.82) is 0 Å². The van der Waals surface area contributed by atoms with Gasteiger partial charge in [0.25, 0.3) is 5.91 Å². The zero-order chi connectivity index (χ0) is 13.1. The van der Waals surface area contributed by atoms with Gasteiger partial charge >= 0.3 is 0 Å². The van der Waals surface area contributed by atoms with Crippen molar-refractivity contribution in [3.8, 4) is 0 Å². The van der Waals surface area contributed by atoms with Crippen molar-refractivity contribution >= 4 is 33.4 Å². The molecule has 18 heavy (non-hydrogen) atoms. The van der Waals surface area contributed by atoms with Crippen molar-refractivity contribution in [2.24, 2.45) is 0 Å². The van der Waals surface area contributed by atoms with Crippen LogP contribution in [0.15, 0.2) is 22.7 Å². The van der Waals surface area contributed by atoms with Crippen LogP contribution in [0.2, 0.25) is 5.02 Å². The van der Waals surface area contributed by atoms with Gasteiger partial charge in [0.05, 0.1) is 10.6 Å². The van der Waals surface area contributed by atoms with Gasteiger partial charge in [-0.15, -0.1) is 0 Å². The molecule has 1 heterocycles. The zero-order valence-electron chi connectivity index (χ0n) is 10.2. The first-order chi connectivity index (χ1) is 8.59. The van der Waals surface area contributed by atoms with Crippen molar-refractivity contribution in [1.82, 2.24) is 10.6 Å². The molecule has 0 spiro atoms. The molecule has 2 rings (SSSR count). The molecule has 5 heteroatoms. The van der Waals surface area contributed by atoms with E-state index in [1.807, 2.05) is 12.1 Å². The Bertz CT molecular complexity index is 453. The highest BCUT2D eigenvalue weighted by atomic mass is 79.9. The molecular formula is C13H16BrClN2O. The van der Waals surface area contributed by atoms with E-state index in [1.54, 1.807) is 6.07 Å². The van der Waals surface area contributed by atoms with Crippen LogP contribution >= 0.6 is 27.5 Å². The molecule has 2 atom stereocenters. The maximum absolute atomic E-state index is 12.2. The number of rotatable bonds is 2. The van der Waals surface area contributed by atoms with Crippen molar-refractivity contribution in [3.05, 3.63) is 33.3 Å². The Kier molecular flexibility index (Phi) is 4.65. The molecule has 98 valence electrons. The Labute approximate surface area is 120 Å². The average molecular weight is 332 g/mol. The summed E-state index contributed by atoms with van der Waals surface area (Å²) in [5.74, 6) is -0.109. The lowest BCUT2D eigenvalue weighted by molar-refractivity contribution is 0.0920. The fourth-order valence-corrected chi connectivity index (χ4v) is 2.74. The van der Waals surface area contributed by atoms with Gasteiger partial charge in [0, 0.05) is 16.6 Å². The molecule has 0 aliphatic carbocycles. The second kappa shape index (κ2) is 6.04. The smallest absolute Gasteiger partial charge is 0.253 e. The van der Waals surface area contributed by atoms with E-state index in [2.05, 4.69) is 33.5 Å². The lowest BCUT2D eigenvalue weighted by atomic mass is 9.99. The summed E-state index contributed by atoms with van der Waals surface area (Å²) in [5, 5.41) is 6.87. The molecule has 0 bridgehead atoms. The van der Waals surface area contributed by atoms with E-state index in [4.69, 9.17) is 11.6 Å². The molecule has 0 radical (unpaired) electrons. The lowest BCUT2D eigenvalue weighted by Gasteiger charge is -2.30. The summed E-state index contributed by atoms with van der Waals surface area (Å²) in [6.07, 6.45) is 2.09. The number of hydrogen-bond donors (Lipinski definition) is 2. The van der Waals surface area contributed by atoms with Crippen LogP contribution in [0.25, 0.3) is 0 Å². The number of hydrogen-bond acceptors (Lipinski definition) is 2. The SMILES string of the molecule is CC1NCCCC1NC(=O)c1cccc(Br)c1Cl. The van der Waals surface area contributed by atoms with Gasteiger partial charge in [0.1, 0.15) is 0 Å². The number of piperidine rings is 1. The Morgan fingerprint density at radius 2 is 2.33 bits per heavy atom. The van der Waals surface area contributed by atoms with Crippen LogP contribution in [-0.4, -0.2) is 24.5 Å². The highest BCUT2D eigenvalue weighted by Gasteiger charge is 2.23. The number of nitrogens with one attached hydrogen (secondary N) is 2. The molecule has 3 nitrogen and oxygen atoms in total. The van der Waals surface area contributed by atoms with E-state index in [0.29, 0.717) is 16.6 Å². The van der Waals surface area contributed by atoms with Gasteiger partial charge in [-0.1, -0.05) is 17.7 Å². The summed E-state index contributed by atoms with van der Waals surface area (Å²) in [6.45, 7) is 3.11.